The van der Waals surface area contributed by atoms with Crippen LogP contribution >= 0.6 is 0 Å². The predicted octanol–water partition coefficient (Wildman–Crippen LogP) is 3.05. The van der Waals surface area contributed by atoms with Crippen molar-refractivity contribution in [3.05, 3.63) is 29.3 Å². The highest BCUT2D eigenvalue weighted by Gasteiger charge is 2.41. The molecule has 0 aromatic heterocycles. The van der Waals surface area contributed by atoms with Crippen LogP contribution in [0.4, 0.5) is 5.69 Å². The number of rotatable bonds is 3. The Labute approximate surface area is 160 Å². The van der Waals surface area contributed by atoms with Crippen molar-refractivity contribution >= 4 is 17.5 Å². The second kappa shape index (κ2) is 6.54. The molecular weight excluding hydrogens is 338 g/mol. The summed E-state index contributed by atoms with van der Waals surface area (Å²) in [7, 11) is 0. The molecule has 1 aromatic rings. The molecule has 4 aliphatic rings. The Kier molecular flexibility index (Phi) is 4.14. The fraction of sp³-hybridized carbons (Fsp3) is 0.636. The summed E-state index contributed by atoms with van der Waals surface area (Å²) in [5, 5.41) is 6.74. The molecular formula is C22H29N3O2. The van der Waals surface area contributed by atoms with E-state index in [4.69, 9.17) is 0 Å². The molecule has 5 rings (SSSR count). The van der Waals surface area contributed by atoms with Crippen molar-refractivity contribution in [2.24, 2.45) is 5.92 Å². The van der Waals surface area contributed by atoms with Crippen LogP contribution in [0.5, 0.6) is 0 Å². The number of benzene rings is 1. The van der Waals surface area contributed by atoms with Gasteiger partial charge in [-0.1, -0.05) is 18.9 Å². The zero-order valence-corrected chi connectivity index (χ0v) is 15.9. The number of piperidine rings is 1. The monoisotopic (exact) mass is 367 g/mol. The summed E-state index contributed by atoms with van der Waals surface area (Å²) in [5.74, 6) is 0.744. The molecule has 2 aliphatic heterocycles. The summed E-state index contributed by atoms with van der Waals surface area (Å²) in [4.78, 5) is 26.7. The average molecular weight is 367 g/mol. The third kappa shape index (κ3) is 3.11. The van der Waals surface area contributed by atoms with E-state index in [-0.39, 0.29) is 11.3 Å². The molecule has 2 heterocycles. The topological polar surface area (TPSA) is 61.4 Å². The van der Waals surface area contributed by atoms with Gasteiger partial charge in [-0.2, -0.15) is 0 Å². The molecule has 2 saturated carbocycles. The molecule has 1 saturated heterocycles. The first-order valence-corrected chi connectivity index (χ1v) is 10.6. The van der Waals surface area contributed by atoms with Gasteiger partial charge in [-0.15, -0.1) is 0 Å². The summed E-state index contributed by atoms with van der Waals surface area (Å²) < 4.78 is 0. The first-order chi connectivity index (χ1) is 13.1. The van der Waals surface area contributed by atoms with E-state index >= 15 is 0 Å². The molecule has 2 amide bonds. The number of carbonyl (C=O) groups is 2. The lowest BCUT2D eigenvalue weighted by Gasteiger charge is -2.36. The normalized spacial score (nSPS) is 24.6. The molecule has 3 fully saturated rings. The van der Waals surface area contributed by atoms with Crippen LogP contribution in [0.2, 0.25) is 0 Å². The number of carbonyl (C=O) groups excluding carboxylic acids is 2. The van der Waals surface area contributed by atoms with E-state index in [9.17, 15) is 9.59 Å². The zero-order valence-electron chi connectivity index (χ0n) is 15.9. The Balaban J connectivity index is 1.27. The van der Waals surface area contributed by atoms with Gasteiger partial charge in [-0.25, -0.2) is 0 Å². The highest BCUT2D eigenvalue weighted by atomic mass is 16.2. The SMILES string of the molecule is O=C1NCC2(CCCC2)c2ccc(NC3CCN(C(=O)C4CC4)CC3)cc21. The minimum Gasteiger partial charge on any atom is -0.382 e. The molecule has 144 valence electrons. The van der Waals surface area contributed by atoms with E-state index in [1.807, 2.05) is 11.0 Å². The molecule has 27 heavy (non-hydrogen) atoms. The molecule has 1 spiro atoms. The van der Waals surface area contributed by atoms with Gasteiger partial charge in [0.25, 0.3) is 5.91 Å². The number of likely N-dealkylation sites (tertiary alicyclic amines) is 1. The van der Waals surface area contributed by atoms with Crippen molar-refractivity contribution in [3.8, 4) is 0 Å². The fourth-order valence-electron chi connectivity index (χ4n) is 5.29. The van der Waals surface area contributed by atoms with Gasteiger partial charge in [0.05, 0.1) is 0 Å². The largest absolute Gasteiger partial charge is 0.382 e. The Morgan fingerprint density at radius 1 is 1.11 bits per heavy atom. The third-order valence-corrected chi connectivity index (χ3v) is 7.09. The number of anilines is 1. The standard InChI is InChI=1S/C22H29N3O2/c26-20-18-13-17(5-6-19(18)22(14-23-20)9-1-2-10-22)24-16-7-11-25(12-8-16)21(27)15-3-4-15/h5-6,13,15-16,24H,1-4,7-12,14H2,(H,23,26). The smallest absolute Gasteiger partial charge is 0.251 e. The second-order valence-electron chi connectivity index (χ2n) is 8.95. The maximum absolute atomic E-state index is 12.5. The molecule has 0 atom stereocenters. The maximum atomic E-state index is 12.5. The van der Waals surface area contributed by atoms with Gasteiger partial charge in [0, 0.05) is 48.3 Å². The number of nitrogens with zero attached hydrogens (tertiary/aromatic N) is 1. The van der Waals surface area contributed by atoms with Crippen molar-refractivity contribution in [1.29, 1.82) is 0 Å². The van der Waals surface area contributed by atoms with Crippen LogP contribution in [0.3, 0.4) is 0 Å². The fourth-order valence-corrected chi connectivity index (χ4v) is 5.29. The minimum atomic E-state index is 0.0658. The van der Waals surface area contributed by atoms with E-state index in [1.165, 1.54) is 31.2 Å². The number of nitrogens with one attached hydrogen (secondary N) is 2. The summed E-state index contributed by atoms with van der Waals surface area (Å²) in [5.41, 5.74) is 3.30. The van der Waals surface area contributed by atoms with Crippen molar-refractivity contribution in [1.82, 2.24) is 10.2 Å². The molecule has 0 unspecified atom stereocenters. The van der Waals surface area contributed by atoms with Crippen molar-refractivity contribution in [3.63, 3.8) is 0 Å². The van der Waals surface area contributed by atoms with E-state index in [0.29, 0.717) is 17.9 Å². The van der Waals surface area contributed by atoms with Crippen LogP contribution in [-0.4, -0.2) is 42.4 Å². The highest BCUT2D eigenvalue weighted by molar-refractivity contribution is 5.98. The number of fused-ring (bicyclic) bond motifs is 2. The molecule has 5 nitrogen and oxygen atoms in total. The van der Waals surface area contributed by atoms with Gasteiger partial charge in [-0.3, -0.25) is 9.59 Å². The quantitative estimate of drug-likeness (QED) is 0.863. The Bertz CT molecular complexity index is 757. The van der Waals surface area contributed by atoms with Crippen LogP contribution in [0.25, 0.3) is 0 Å². The Hall–Kier alpha value is -2.04. The van der Waals surface area contributed by atoms with E-state index in [1.54, 1.807) is 0 Å². The molecule has 0 radical (unpaired) electrons. The number of amides is 2. The summed E-state index contributed by atoms with van der Waals surface area (Å²) >= 11 is 0. The number of hydrogen-bond donors (Lipinski definition) is 2. The third-order valence-electron chi connectivity index (χ3n) is 7.09. The van der Waals surface area contributed by atoms with Crippen LogP contribution in [0.15, 0.2) is 18.2 Å². The Morgan fingerprint density at radius 2 is 1.85 bits per heavy atom. The highest BCUT2D eigenvalue weighted by Crippen LogP contribution is 2.44. The molecule has 5 heteroatoms. The van der Waals surface area contributed by atoms with Gasteiger partial charge < -0.3 is 15.5 Å². The predicted molar refractivity (Wildman–Crippen MR) is 105 cm³/mol. The molecule has 2 N–H and O–H groups in total. The van der Waals surface area contributed by atoms with Crippen LogP contribution < -0.4 is 10.6 Å². The molecule has 1 aromatic carbocycles. The average Bonchev–Trinajstić information content (AvgIpc) is 3.44. The van der Waals surface area contributed by atoms with Gasteiger partial charge in [-0.05, 0) is 56.2 Å². The lowest BCUT2D eigenvalue weighted by atomic mass is 9.74. The van der Waals surface area contributed by atoms with Crippen molar-refractivity contribution in [2.45, 2.75) is 62.8 Å². The van der Waals surface area contributed by atoms with Gasteiger partial charge in [0.15, 0.2) is 0 Å². The first kappa shape index (κ1) is 17.1. The van der Waals surface area contributed by atoms with E-state index in [2.05, 4.69) is 22.8 Å². The molecule has 2 aliphatic carbocycles. The molecule has 0 bridgehead atoms. The van der Waals surface area contributed by atoms with E-state index in [0.717, 1.165) is 56.6 Å². The number of hydrogen-bond acceptors (Lipinski definition) is 3. The van der Waals surface area contributed by atoms with Gasteiger partial charge >= 0.3 is 0 Å². The maximum Gasteiger partial charge on any atom is 0.251 e. The summed E-state index contributed by atoms with van der Waals surface area (Å²) in [6.07, 6.45) is 8.99. The summed E-state index contributed by atoms with van der Waals surface area (Å²) in [6, 6.07) is 6.76. The van der Waals surface area contributed by atoms with Crippen LogP contribution in [0, 0.1) is 5.92 Å². The van der Waals surface area contributed by atoms with Crippen molar-refractivity contribution < 1.29 is 9.59 Å². The van der Waals surface area contributed by atoms with Crippen molar-refractivity contribution in [2.75, 3.05) is 25.0 Å². The lowest BCUT2D eigenvalue weighted by molar-refractivity contribution is -0.133. The second-order valence-corrected chi connectivity index (χ2v) is 8.95. The zero-order chi connectivity index (χ0) is 18.4. The van der Waals surface area contributed by atoms with Gasteiger partial charge in [0.1, 0.15) is 0 Å². The van der Waals surface area contributed by atoms with Gasteiger partial charge in [0.2, 0.25) is 5.91 Å². The Morgan fingerprint density at radius 3 is 2.56 bits per heavy atom. The van der Waals surface area contributed by atoms with Crippen LogP contribution in [0.1, 0.15) is 67.3 Å². The van der Waals surface area contributed by atoms with E-state index < -0.39 is 0 Å². The first-order valence-electron chi connectivity index (χ1n) is 10.6. The lowest BCUT2D eigenvalue weighted by Crippen LogP contribution is -2.45. The minimum absolute atomic E-state index is 0.0658. The van der Waals surface area contributed by atoms with Crippen LogP contribution in [-0.2, 0) is 10.2 Å². The summed E-state index contributed by atoms with van der Waals surface area (Å²) in [6.45, 7) is 2.49.